The summed E-state index contributed by atoms with van der Waals surface area (Å²) >= 11 is 0. The SMILES string of the molecule is CC(=O)N1CCC[C@H](C(=O)N[C@@H]2CCCN(S(C)(=O)=O)C2)C1. The van der Waals surface area contributed by atoms with Crippen LogP contribution in [0.4, 0.5) is 0 Å². The van der Waals surface area contributed by atoms with E-state index in [4.69, 9.17) is 0 Å². The Morgan fingerprint density at radius 1 is 1.09 bits per heavy atom. The molecule has 0 bridgehead atoms. The summed E-state index contributed by atoms with van der Waals surface area (Å²) in [6, 6.07) is -0.135. The van der Waals surface area contributed by atoms with Gasteiger partial charge in [-0.05, 0) is 25.7 Å². The van der Waals surface area contributed by atoms with Crippen molar-refractivity contribution in [1.29, 1.82) is 0 Å². The molecule has 0 aliphatic carbocycles. The first-order chi connectivity index (χ1) is 10.3. The Kier molecular flexibility index (Phi) is 5.44. The Morgan fingerprint density at radius 2 is 1.77 bits per heavy atom. The zero-order chi connectivity index (χ0) is 16.3. The highest BCUT2D eigenvalue weighted by Gasteiger charge is 2.31. The third-order valence-electron chi connectivity index (χ3n) is 4.44. The van der Waals surface area contributed by atoms with E-state index in [9.17, 15) is 18.0 Å². The van der Waals surface area contributed by atoms with E-state index in [2.05, 4.69) is 5.32 Å². The number of carbonyl (C=O) groups is 2. The van der Waals surface area contributed by atoms with Crippen molar-refractivity contribution < 1.29 is 18.0 Å². The fraction of sp³-hybridized carbons (Fsp3) is 0.857. The number of hydrogen-bond acceptors (Lipinski definition) is 4. The summed E-state index contributed by atoms with van der Waals surface area (Å²) in [4.78, 5) is 25.5. The van der Waals surface area contributed by atoms with Crippen LogP contribution in [0.25, 0.3) is 0 Å². The second-order valence-corrected chi connectivity index (χ2v) is 8.26. The van der Waals surface area contributed by atoms with Crippen LogP contribution in [0.1, 0.15) is 32.6 Å². The van der Waals surface area contributed by atoms with Crippen LogP contribution in [0.15, 0.2) is 0 Å². The van der Waals surface area contributed by atoms with E-state index < -0.39 is 10.0 Å². The van der Waals surface area contributed by atoms with Crippen molar-refractivity contribution in [3.05, 3.63) is 0 Å². The summed E-state index contributed by atoms with van der Waals surface area (Å²) in [7, 11) is -3.21. The zero-order valence-electron chi connectivity index (χ0n) is 13.2. The molecule has 8 heteroatoms. The molecular weight excluding hydrogens is 306 g/mol. The molecule has 0 saturated carbocycles. The van der Waals surface area contributed by atoms with E-state index in [0.717, 1.165) is 25.7 Å². The second-order valence-electron chi connectivity index (χ2n) is 6.27. The molecule has 2 rings (SSSR count). The molecule has 0 radical (unpaired) electrons. The van der Waals surface area contributed by atoms with Gasteiger partial charge < -0.3 is 10.2 Å². The smallest absolute Gasteiger partial charge is 0.225 e. The maximum Gasteiger partial charge on any atom is 0.225 e. The minimum atomic E-state index is -3.21. The Morgan fingerprint density at radius 3 is 2.41 bits per heavy atom. The van der Waals surface area contributed by atoms with Crippen LogP contribution in [0.3, 0.4) is 0 Å². The minimum Gasteiger partial charge on any atom is -0.352 e. The summed E-state index contributed by atoms with van der Waals surface area (Å²) in [6.45, 7) is 3.56. The van der Waals surface area contributed by atoms with Gasteiger partial charge in [-0.1, -0.05) is 0 Å². The number of sulfonamides is 1. The van der Waals surface area contributed by atoms with Gasteiger partial charge in [-0.2, -0.15) is 0 Å². The first kappa shape index (κ1) is 17.2. The van der Waals surface area contributed by atoms with Gasteiger partial charge >= 0.3 is 0 Å². The highest BCUT2D eigenvalue weighted by molar-refractivity contribution is 7.88. The van der Waals surface area contributed by atoms with E-state index in [0.29, 0.717) is 26.2 Å². The zero-order valence-corrected chi connectivity index (χ0v) is 14.1. The third-order valence-corrected chi connectivity index (χ3v) is 5.71. The maximum atomic E-state index is 12.4. The van der Waals surface area contributed by atoms with Crippen molar-refractivity contribution in [1.82, 2.24) is 14.5 Å². The van der Waals surface area contributed by atoms with Crippen LogP contribution in [0.5, 0.6) is 0 Å². The van der Waals surface area contributed by atoms with E-state index in [1.165, 1.54) is 17.5 Å². The van der Waals surface area contributed by atoms with E-state index in [-0.39, 0.29) is 23.8 Å². The van der Waals surface area contributed by atoms with Crippen molar-refractivity contribution in [2.75, 3.05) is 32.4 Å². The van der Waals surface area contributed by atoms with Gasteiger partial charge in [0, 0.05) is 39.1 Å². The molecule has 2 atom stereocenters. The molecule has 0 spiro atoms. The number of amides is 2. The molecule has 0 aromatic rings. The number of nitrogens with one attached hydrogen (secondary N) is 1. The topological polar surface area (TPSA) is 86.8 Å². The molecule has 2 saturated heterocycles. The van der Waals surface area contributed by atoms with Gasteiger partial charge in [0.15, 0.2) is 0 Å². The third kappa shape index (κ3) is 4.42. The predicted octanol–water partition coefficient (Wildman–Crippen LogP) is -0.215. The standard InChI is InChI=1S/C14H25N3O4S/c1-11(18)16-7-3-5-12(9-16)14(19)15-13-6-4-8-17(10-13)22(2,20)21/h12-13H,3-10H2,1-2H3,(H,15,19)/t12-,13+/m0/s1. The van der Waals surface area contributed by atoms with Gasteiger partial charge in [0.25, 0.3) is 0 Å². The fourth-order valence-corrected chi connectivity index (χ4v) is 4.07. The van der Waals surface area contributed by atoms with Gasteiger partial charge in [-0.15, -0.1) is 0 Å². The normalized spacial score (nSPS) is 27.5. The molecule has 0 unspecified atom stereocenters. The van der Waals surface area contributed by atoms with Gasteiger partial charge in [0.05, 0.1) is 12.2 Å². The van der Waals surface area contributed by atoms with Crippen LogP contribution in [-0.4, -0.2) is 67.9 Å². The second kappa shape index (κ2) is 6.95. The highest BCUT2D eigenvalue weighted by atomic mass is 32.2. The molecule has 7 nitrogen and oxygen atoms in total. The van der Waals surface area contributed by atoms with Crippen LogP contribution >= 0.6 is 0 Å². The van der Waals surface area contributed by atoms with Crippen LogP contribution in [0.2, 0.25) is 0 Å². The average molecular weight is 331 g/mol. The first-order valence-electron chi connectivity index (χ1n) is 7.78. The quantitative estimate of drug-likeness (QED) is 0.775. The maximum absolute atomic E-state index is 12.4. The number of rotatable bonds is 3. The Labute approximate surface area is 132 Å². The van der Waals surface area contributed by atoms with Crippen LogP contribution in [0, 0.1) is 5.92 Å². The van der Waals surface area contributed by atoms with Crippen molar-refractivity contribution in [3.63, 3.8) is 0 Å². The summed E-state index contributed by atoms with van der Waals surface area (Å²) in [5.74, 6) is -0.254. The number of likely N-dealkylation sites (tertiary alicyclic amines) is 1. The molecule has 2 aliphatic heterocycles. The molecule has 0 aromatic carbocycles. The van der Waals surface area contributed by atoms with Crippen molar-refractivity contribution in [2.24, 2.45) is 5.92 Å². The van der Waals surface area contributed by atoms with Crippen molar-refractivity contribution in [2.45, 2.75) is 38.6 Å². The number of nitrogens with zero attached hydrogens (tertiary/aromatic N) is 2. The Bertz CT molecular complexity index is 534. The molecule has 1 N–H and O–H groups in total. The van der Waals surface area contributed by atoms with Crippen molar-refractivity contribution in [3.8, 4) is 0 Å². The van der Waals surface area contributed by atoms with Crippen LogP contribution in [-0.2, 0) is 19.6 Å². The lowest BCUT2D eigenvalue weighted by atomic mass is 9.96. The lowest BCUT2D eigenvalue weighted by Crippen LogP contribution is -2.52. The summed E-state index contributed by atoms with van der Waals surface area (Å²) in [6.07, 6.45) is 4.35. The van der Waals surface area contributed by atoms with Gasteiger partial charge in [-0.25, -0.2) is 12.7 Å². The first-order valence-corrected chi connectivity index (χ1v) is 9.63. The van der Waals surface area contributed by atoms with Crippen LogP contribution < -0.4 is 5.32 Å². The van der Waals surface area contributed by atoms with Gasteiger partial charge in [0.2, 0.25) is 21.8 Å². The van der Waals surface area contributed by atoms with E-state index in [1.807, 2.05) is 0 Å². The minimum absolute atomic E-state index is 0.00146. The van der Waals surface area contributed by atoms with Gasteiger partial charge in [0.1, 0.15) is 0 Å². The molecule has 2 fully saturated rings. The molecular formula is C14H25N3O4S. The largest absolute Gasteiger partial charge is 0.352 e. The van der Waals surface area contributed by atoms with Crippen molar-refractivity contribution >= 4 is 21.8 Å². The predicted molar refractivity (Wildman–Crippen MR) is 82.6 cm³/mol. The molecule has 2 aliphatic rings. The summed E-state index contributed by atoms with van der Waals surface area (Å²) in [5.41, 5.74) is 0. The number of piperidine rings is 2. The lowest BCUT2D eigenvalue weighted by molar-refractivity contribution is -0.134. The molecule has 2 heterocycles. The lowest BCUT2D eigenvalue weighted by Gasteiger charge is -2.35. The molecule has 22 heavy (non-hydrogen) atoms. The molecule has 2 amide bonds. The number of hydrogen-bond donors (Lipinski definition) is 1. The summed E-state index contributed by atoms with van der Waals surface area (Å²) in [5, 5.41) is 2.97. The molecule has 0 aromatic heterocycles. The molecule has 126 valence electrons. The van der Waals surface area contributed by atoms with E-state index >= 15 is 0 Å². The highest BCUT2D eigenvalue weighted by Crippen LogP contribution is 2.18. The fourth-order valence-electron chi connectivity index (χ4n) is 3.16. The number of carbonyl (C=O) groups excluding carboxylic acids is 2. The Balaban J connectivity index is 1.90. The van der Waals surface area contributed by atoms with E-state index in [1.54, 1.807) is 4.90 Å². The summed E-state index contributed by atoms with van der Waals surface area (Å²) < 4.78 is 24.6. The Hall–Kier alpha value is -1.15. The average Bonchev–Trinajstić information content (AvgIpc) is 2.46. The van der Waals surface area contributed by atoms with Gasteiger partial charge in [-0.3, -0.25) is 9.59 Å². The monoisotopic (exact) mass is 331 g/mol.